The average Bonchev–Trinajstić information content (AvgIpc) is 2.51. The monoisotopic (exact) mass is 320 g/mol. The number of allylic oxidation sites excluding steroid dienone is 1. The third-order valence-electron chi connectivity index (χ3n) is 3.67. The lowest BCUT2D eigenvalue weighted by Crippen LogP contribution is -2.45. The molecule has 1 aliphatic rings. The van der Waals surface area contributed by atoms with Gasteiger partial charge in [0.25, 0.3) is 0 Å². The quantitative estimate of drug-likeness (QED) is 0.625. The molecule has 1 aromatic carbocycles. The van der Waals surface area contributed by atoms with E-state index in [-0.39, 0.29) is 5.82 Å². The molecule has 1 heterocycles. The van der Waals surface area contributed by atoms with Crippen LogP contribution in [0.4, 0.5) is 9.18 Å². The molecule has 0 spiro atoms. The molecule has 0 saturated heterocycles. The van der Waals surface area contributed by atoms with Gasteiger partial charge in [-0.3, -0.25) is 0 Å². The lowest BCUT2D eigenvalue weighted by molar-refractivity contribution is -0.139. The van der Waals surface area contributed by atoms with Gasteiger partial charge in [0.15, 0.2) is 0 Å². The molecule has 0 radical (unpaired) electrons. The Hall–Kier alpha value is -2.37. The van der Waals surface area contributed by atoms with E-state index < -0.39 is 18.0 Å². The number of esters is 1. The standard InChI is InChI=1S/C17H21FN2O3/c1-3-4-5-10-23-16(21)14-11(2)19-17(22)20-15(14)12-6-8-13(18)9-7-12/h6-9,15H,3-5,10H2,1-2H3,(H2,19,20,22). The molecule has 124 valence electrons. The van der Waals surface area contributed by atoms with Crippen molar-refractivity contribution in [1.29, 1.82) is 0 Å². The Bertz CT molecular complexity index is 611. The predicted molar refractivity (Wildman–Crippen MR) is 84.0 cm³/mol. The molecule has 0 fully saturated rings. The van der Waals surface area contributed by atoms with E-state index in [1.54, 1.807) is 19.1 Å². The highest BCUT2D eigenvalue weighted by atomic mass is 19.1. The van der Waals surface area contributed by atoms with Crippen molar-refractivity contribution in [2.24, 2.45) is 0 Å². The van der Waals surface area contributed by atoms with Crippen LogP contribution >= 0.6 is 0 Å². The Morgan fingerprint density at radius 2 is 1.96 bits per heavy atom. The Kier molecular flexibility index (Phi) is 5.73. The summed E-state index contributed by atoms with van der Waals surface area (Å²) in [6.07, 6.45) is 2.83. The van der Waals surface area contributed by atoms with Gasteiger partial charge in [0.2, 0.25) is 0 Å². The Labute approximate surface area is 134 Å². The highest BCUT2D eigenvalue weighted by molar-refractivity contribution is 5.95. The number of unbranched alkanes of at least 4 members (excludes halogenated alkanes) is 2. The van der Waals surface area contributed by atoms with Crippen LogP contribution in [0.15, 0.2) is 35.5 Å². The van der Waals surface area contributed by atoms with Crippen molar-refractivity contribution in [3.05, 3.63) is 46.9 Å². The van der Waals surface area contributed by atoms with Gasteiger partial charge in [-0.05, 0) is 31.0 Å². The van der Waals surface area contributed by atoms with Gasteiger partial charge in [-0.2, -0.15) is 0 Å². The van der Waals surface area contributed by atoms with Gasteiger partial charge in [-0.15, -0.1) is 0 Å². The fourth-order valence-corrected chi connectivity index (χ4v) is 2.46. The molecule has 2 amide bonds. The Morgan fingerprint density at radius 3 is 2.61 bits per heavy atom. The number of nitrogens with one attached hydrogen (secondary N) is 2. The summed E-state index contributed by atoms with van der Waals surface area (Å²) < 4.78 is 18.4. The topological polar surface area (TPSA) is 67.4 Å². The number of urea groups is 1. The van der Waals surface area contributed by atoms with Gasteiger partial charge >= 0.3 is 12.0 Å². The second kappa shape index (κ2) is 7.76. The van der Waals surface area contributed by atoms with Crippen LogP contribution in [0.1, 0.15) is 44.7 Å². The minimum Gasteiger partial charge on any atom is -0.462 e. The lowest BCUT2D eigenvalue weighted by Gasteiger charge is -2.28. The summed E-state index contributed by atoms with van der Waals surface area (Å²) in [5.41, 5.74) is 1.41. The van der Waals surface area contributed by atoms with E-state index in [0.717, 1.165) is 19.3 Å². The summed E-state index contributed by atoms with van der Waals surface area (Å²) in [5, 5.41) is 5.26. The Morgan fingerprint density at radius 1 is 1.26 bits per heavy atom. The van der Waals surface area contributed by atoms with E-state index in [0.29, 0.717) is 23.4 Å². The molecule has 1 unspecified atom stereocenters. The van der Waals surface area contributed by atoms with Gasteiger partial charge in [-0.25, -0.2) is 14.0 Å². The SMILES string of the molecule is CCCCCOC(=O)C1=C(C)NC(=O)NC1c1ccc(F)cc1. The number of rotatable bonds is 6. The third-order valence-corrected chi connectivity index (χ3v) is 3.67. The number of ether oxygens (including phenoxy) is 1. The second-order valence-electron chi connectivity index (χ2n) is 5.46. The summed E-state index contributed by atoms with van der Waals surface area (Å²) >= 11 is 0. The van der Waals surface area contributed by atoms with Crippen LogP contribution in [-0.2, 0) is 9.53 Å². The first kappa shape index (κ1) is 17.0. The van der Waals surface area contributed by atoms with E-state index in [4.69, 9.17) is 4.74 Å². The average molecular weight is 320 g/mol. The molecular formula is C17H21FN2O3. The third kappa shape index (κ3) is 4.31. The fraction of sp³-hybridized carbons (Fsp3) is 0.412. The van der Waals surface area contributed by atoms with Crippen molar-refractivity contribution in [3.8, 4) is 0 Å². The van der Waals surface area contributed by atoms with Crippen LogP contribution in [0.25, 0.3) is 0 Å². The van der Waals surface area contributed by atoms with E-state index in [2.05, 4.69) is 17.6 Å². The molecule has 5 nitrogen and oxygen atoms in total. The zero-order valence-electron chi connectivity index (χ0n) is 13.3. The fourth-order valence-electron chi connectivity index (χ4n) is 2.46. The number of hydrogen-bond donors (Lipinski definition) is 2. The van der Waals surface area contributed by atoms with Crippen molar-refractivity contribution >= 4 is 12.0 Å². The number of benzene rings is 1. The van der Waals surface area contributed by atoms with Crippen molar-refractivity contribution in [1.82, 2.24) is 10.6 Å². The summed E-state index contributed by atoms with van der Waals surface area (Å²) in [6.45, 7) is 4.06. The maximum Gasteiger partial charge on any atom is 0.338 e. The van der Waals surface area contributed by atoms with Crippen LogP contribution in [-0.4, -0.2) is 18.6 Å². The van der Waals surface area contributed by atoms with Crippen LogP contribution < -0.4 is 10.6 Å². The van der Waals surface area contributed by atoms with Crippen molar-refractivity contribution < 1.29 is 18.7 Å². The molecule has 0 saturated carbocycles. The molecule has 1 aliphatic heterocycles. The van der Waals surface area contributed by atoms with Gasteiger partial charge < -0.3 is 15.4 Å². The maximum atomic E-state index is 13.1. The number of amides is 2. The first-order valence-corrected chi connectivity index (χ1v) is 7.73. The van der Waals surface area contributed by atoms with Gasteiger partial charge in [0.1, 0.15) is 5.82 Å². The lowest BCUT2D eigenvalue weighted by atomic mass is 9.95. The molecule has 1 aromatic rings. The normalized spacial score (nSPS) is 17.5. The van der Waals surface area contributed by atoms with Crippen LogP contribution in [0.2, 0.25) is 0 Å². The zero-order valence-corrected chi connectivity index (χ0v) is 13.3. The zero-order chi connectivity index (χ0) is 16.8. The van der Waals surface area contributed by atoms with E-state index in [1.807, 2.05) is 0 Å². The molecule has 23 heavy (non-hydrogen) atoms. The summed E-state index contributed by atoms with van der Waals surface area (Å²) in [4.78, 5) is 24.1. The minimum atomic E-state index is -0.650. The predicted octanol–water partition coefficient (Wildman–Crippen LogP) is 3.19. The Balaban J connectivity index is 2.20. The second-order valence-corrected chi connectivity index (χ2v) is 5.46. The van der Waals surface area contributed by atoms with Crippen molar-refractivity contribution in [2.45, 2.75) is 39.2 Å². The summed E-state index contributed by atoms with van der Waals surface area (Å²) in [6, 6.07) is 4.63. The van der Waals surface area contributed by atoms with Crippen LogP contribution in [0, 0.1) is 5.82 Å². The van der Waals surface area contributed by atoms with E-state index >= 15 is 0 Å². The van der Waals surface area contributed by atoms with Crippen LogP contribution in [0.5, 0.6) is 0 Å². The summed E-state index contributed by atoms with van der Waals surface area (Å²) in [5.74, 6) is -0.848. The molecule has 2 N–H and O–H groups in total. The molecule has 0 bridgehead atoms. The molecule has 2 rings (SSSR count). The molecule has 0 aliphatic carbocycles. The number of carbonyl (C=O) groups is 2. The minimum absolute atomic E-state index is 0.340. The van der Waals surface area contributed by atoms with Crippen molar-refractivity contribution in [3.63, 3.8) is 0 Å². The maximum absolute atomic E-state index is 13.1. The number of halogens is 1. The van der Waals surface area contributed by atoms with E-state index in [9.17, 15) is 14.0 Å². The largest absolute Gasteiger partial charge is 0.462 e. The van der Waals surface area contributed by atoms with Gasteiger partial charge in [-0.1, -0.05) is 31.9 Å². The number of hydrogen-bond acceptors (Lipinski definition) is 3. The first-order chi connectivity index (χ1) is 11.0. The van der Waals surface area contributed by atoms with Gasteiger partial charge in [0, 0.05) is 5.70 Å². The highest BCUT2D eigenvalue weighted by Crippen LogP contribution is 2.27. The van der Waals surface area contributed by atoms with Crippen LogP contribution in [0.3, 0.4) is 0 Å². The molecule has 6 heteroatoms. The molecule has 1 atom stereocenters. The molecule has 0 aromatic heterocycles. The van der Waals surface area contributed by atoms with Crippen molar-refractivity contribution in [2.75, 3.05) is 6.61 Å². The smallest absolute Gasteiger partial charge is 0.338 e. The molecular weight excluding hydrogens is 299 g/mol. The highest BCUT2D eigenvalue weighted by Gasteiger charge is 2.32. The summed E-state index contributed by atoms with van der Waals surface area (Å²) in [7, 11) is 0. The van der Waals surface area contributed by atoms with Gasteiger partial charge in [0.05, 0.1) is 18.2 Å². The van der Waals surface area contributed by atoms with E-state index in [1.165, 1.54) is 12.1 Å². The first-order valence-electron chi connectivity index (χ1n) is 7.73. The number of carbonyl (C=O) groups excluding carboxylic acids is 2.